The van der Waals surface area contributed by atoms with Gasteiger partial charge in [0.05, 0.1) is 6.34 Å². The van der Waals surface area contributed by atoms with Crippen LogP contribution in [0.5, 0.6) is 0 Å². The first-order valence-electron chi connectivity index (χ1n) is 9.06. The lowest BCUT2D eigenvalue weighted by atomic mass is 9.89. The zero-order chi connectivity index (χ0) is 17.9. The first-order valence-corrected chi connectivity index (χ1v) is 9.06. The molecule has 1 aromatic carbocycles. The van der Waals surface area contributed by atoms with Gasteiger partial charge in [-0.2, -0.15) is 0 Å². The molecule has 0 bridgehead atoms. The Bertz CT molecular complexity index is 871. The van der Waals surface area contributed by atoms with E-state index in [1.807, 2.05) is 24.3 Å². The van der Waals surface area contributed by atoms with Crippen LogP contribution >= 0.6 is 0 Å². The Balaban J connectivity index is 1.54. The van der Waals surface area contributed by atoms with Gasteiger partial charge in [-0.15, -0.1) is 5.10 Å². The van der Waals surface area contributed by atoms with Gasteiger partial charge in [0.15, 0.2) is 0 Å². The van der Waals surface area contributed by atoms with E-state index in [4.69, 9.17) is 4.84 Å². The number of fused-ring (bicyclic) bond motifs is 1. The van der Waals surface area contributed by atoms with Crippen LogP contribution in [0.4, 0.5) is 0 Å². The van der Waals surface area contributed by atoms with Crippen molar-refractivity contribution in [2.45, 2.75) is 45.3 Å². The number of amides is 1. The van der Waals surface area contributed by atoms with Crippen molar-refractivity contribution in [3.8, 4) is 0 Å². The maximum absolute atomic E-state index is 12.3. The largest absolute Gasteiger partial charge is 0.365 e. The Kier molecular flexibility index (Phi) is 4.55. The number of carbonyl (C=O) groups is 1. The molecule has 1 amide bonds. The Labute approximate surface area is 151 Å². The summed E-state index contributed by atoms with van der Waals surface area (Å²) in [5.74, 6) is 0.577. The van der Waals surface area contributed by atoms with Gasteiger partial charge in [0.2, 0.25) is 12.1 Å². The lowest BCUT2D eigenvalue weighted by Gasteiger charge is -2.31. The number of hydrogen-bond acceptors (Lipinski definition) is 6. The number of nitrogens with zero attached hydrogens (tertiary/aromatic N) is 4. The van der Waals surface area contributed by atoms with E-state index in [1.165, 1.54) is 4.85 Å². The van der Waals surface area contributed by atoms with Crippen LogP contribution < -0.4 is 15.5 Å². The molecule has 1 aromatic heterocycles. The highest BCUT2D eigenvalue weighted by Gasteiger charge is 2.34. The van der Waals surface area contributed by atoms with Crippen LogP contribution in [0.15, 0.2) is 40.7 Å². The maximum atomic E-state index is 12.3. The number of aromatic nitrogens is 3. The predicted octanol–water partition coefficient (Wildman–Crippen LogP) is 1.75. The molecular weight excluding hydrogens is 332 g/mol. The molecule has 8 nitrogen and oxygen atoms in total. The predicted molar refractivity (Wildman–Crippen MR) is 96.9 cm³/mol. The summed E-state index contributed by atoms with van der Waals surface area (Å²) in [5, 5.41) is 14.2. The van der Waals surface area contributed by atoms with Crippen molar-refractivity contribution in [2.24, 2.45) is 10.9 Å². The summed E-state index contributed by atoms with van der Waals surface area (Å²) in [5.41, 5.74) is 2.49. The van der Waals surface area contributed by atoms with Gasteiger partial charge in [0.25, 0.3) is 0 Å². The number of para-hydroxylation sites is 1. The van der Waals surface area contributed by atoms with Gasteiger partial charge in [-0.25, -0.2) is 4.99 Å². The second kappa shape index (κ2) is 7.15. The van der Waals surface area contributed by atoms with Crippen LogP contribution in [0.3, 0.4) is 0 Å². The summed E-state index contributed by atoms with van der Waals surface area (Å²) in [6.45, 7) is 2.16. The van der Waals surface area contributed by atoms with Crippen LogP contribution in [0.25, 0.3) is 11.0 Å². The van der Waals surface area contributed by atoms with E-state index >= 15 is 0 Å². The number of aliphatic imine (C=N–C) groups is 1. The van der Waals surface area contributed by atoms with Crippen LogP contribution in [0, 0.1) is 5.92 Å². The fraction of sp³-hybridized carbons (Fsp3) is 0.444. The molecule has 0 radical (unpaired) electrons. The Hall–Kier alpha value is -2.90. The second-order valence-electron chi connectivity index (χ2n) is 6.62. The molecule has 136 valence electrons. The number of hydrogen-bond donors (Lipinski definition) is 2. The highest BCUT2D eigenvalue weighted by Crippen LogP contribution is 2.29. The molecule has 2 aliphatic heterocycles. The molecule has 2 N–H and O–H groups in total. The molecule has 2 aliphatic rings. The standard InChI is InChI=1S/C18H22N6O2/c1-2-3-4-7-12-10-13-16(21-17(12)25)19-11-20-18(13)26-24-15-9-6-5-8-14(15)22-23-24/h5-6,8-9,11-12,18H,2-4,7,10H2,1H3,(H,19,20)(H,21,25). The first kappa shape index (κ1) is 16.6. The molecule has 0 spiro atoms. The molecule has 3 heterocycles. The Morgan fingerprint density at radius 3 is 3.08 bits per heavy atom. The highest BCUT2D eigenvalue weighted by molar-refractivity contribution is 5.83. The van der Waals surface area contributed by atoms with Crippen LogP contribution in [0.1, 0.15) is 39.0 Å². The average Bonchev–Trinajstić information content (AvgIpc) is 3.06. The minimum absolute atomic E-state index is 0.0452. The summed E-state index contributed by atoms with van der Waals surface area (Å²) in [6.07, 6.45) is 5.93. The summed E-state index contributed by atoms with van der Waals surface area (Å²) in [6, 6.07) is 7.60. The normalized spacial score (nSPS) is 22.1. The molecule has 2 atom stereocenters. The van der Waals surface area contributed by atoms with Gasteiger partial charge >= 0.3 is 0 Å². The molecule has 4 rings (SSSR count). The van der Waals surface area contributed by atoms with E-state index in [-0.39, 0.29) is 11.8 Å². The van der Waals surface area contributed by atoms with Crippen molar-refractivity contribution < 1.29 is 9.63 Å². The van der Waals surface area contributed by atoms with Crippen molar-refractivity contribution in [3.63, 3.8) is 0 Å². The quantitative estimate of drug-likeness (QED) is 0.771. The highest BCUT2D eigenvalue weighted by atomic mass is 16.7. The van der Waals surface area contributed by atoms with E-state index in [1.54, 1.807) is 6.34 Å². The topological polar surface area (TPSA) is 93.4 Å². The number of carbonyl (C=O) groups excluding carboxylic acids is 1. The van der Waals surface area contributed by atoms with E-state index in [0.717, 1.165) is 42.3 Å². The summed E-state index contributed by atoms with van der Waals surface area (Å²) in [4.78, 5) is 24.0. The summed E-state index contributed by atoms with van der Waals surface area (Å²) >= 11 is 0. The average molecular weight is 354 g/mol. The summed E-state index contributed by atoms with van der Waals surface area (Å²) in [7, 11) is 0. The molecule has 0 aliphatic carbocycles. The first-order chi connectivity index (χ1) is 12.8. The molecule has 2 unspecified atom stereocenters. The van der Waals surface area contributed by atoms with Crippen molar-refractivity contribution >= 4 is 23.3 Å². The Morgan fingerprint density at radius 2 is 2.19 bits per heavy atom. The van der Waals surface area contributed by atoms with E-state index in [0.29, 0.717) is 12.2 Å². The minimum Gasteiger partial charge on any atom is -0.365 e. The lowest BCUT2D eigenvalue weighted by Crippen LogP contribution is -2.48. The third-order valence-corrected chi connectivity index (χ3v) is 4.80. The number of nitrogens with one attached hydrogen (secondary N) is 2. The van der Waals surface area contributed by atoms with Gasteiger partial charge < -0.3 is 15.5 Å². The van der Waals surface area contributed by atoms with Gasteiger partial charge in [0, 0.05) is 11.5 Å². The monoisotopic (exact) mass is 354 g/mol. The third kappa shape index (κ3) is 3.14. The van der Waals surface area contributed by atoms with Crippen molar-refractivity contribution in [2.75, 3.05) is 0 Å². The fourth-order valence-corrected chi connectivity index (χ4v) is 3.36. The van der Waals surface area contributed by atoms with Gasteiger partial charge in [-0.3, -0.25) is 4.79 Å². The van der Waals surface area contributed by atoms with E-state index in [2.05, 4.69) is 32.9 Å². The van der Waals surface area contributed by atoms with Crippen molar-refractivity contribution in [1.29, 1.82) is 0 Å². The number of benzene rings is 1. The minimum atomic E-state index is -0.443. The van der Waals surface area contributed by atoms with Crippen LogP contribution in [-0.2, 0) is 4.79 Å². The number of rotatable bonds is 6. The zero-order valence-electron chi connectivity index (χ0n) is 14.7. The molecule has 0 saturated heterocycles. The SMILES string of the molecule is CCCCCC1CC2=C(N=CNC2On2nnc3ccccc32)NC1=O. The van der Waals surface area contributed by atoms with Crippen LogP contribution in [-0.4, -0.2) is 33.6 Å². The van der Waals surface area contributed by atoms with Gasteiger partial charge in [-0.05, 0) is 30.2 Å². The molecule has 0 saturated carbocycles. The number of unbranched alkanes of at least 4 members (excludes halogenated alkanes) is 2. The van der Waals surface area contributed by atoms with Gasteiger partial charge in [-0.1, -0.05) is 43.2 Å². The van der Waals surface area contributed by atoms with Crippen molar-refractivity contribution in [1.82, 2.24) is 25.8 Å². The molecule has 8 heteroatoms. The van der Waals surface area contributed by atoms with Crippen molar-refractivity contribution in [3.05, 3.63) is 35.7 Å². The van der Waals surface area contributed by atoms with E-state index in [9.17, 15) is 4.79 Å². The molecule has 26 heavy (non-hydrogen) atoms. The fourth-order valence-electron chi connectivity index (χ4n) is 3.36. The zero-order valence-corrected chi connectivity index (χ0v) is 14.7. The smallest absolute Gasteiger partial charge is 0.228 e. The molecular formula is C18H22N6O2. The van der Waals surface area contributed by atoms with Crippen LogP contribution in [0.2, 0.25) is 0 Å². The third-order valence-electron chi connectivity index (χ3n) is 4.80. The Morgan fingerprint density at radius 1 is 1.31 bits per heavy atom. The second-order valence-corrected chi connectivity index (χ2v) is 6.62. The lowest BCUT2D eigenvalue weighted by molar-refractivity contribution is -0.125. The maximum Gasteiger partial charge on any atom is 0.228 e. The summed E-state index contributed by atoms with van der Waals surface area (Å²) < 4.78 is 0. The molecule has 2 aromatic rings. The molecule has 0 fully saturated rings. The van der Waals surface area contributed by atoms with Gasteiger partial charge in [0.1, 0.15) is 16.9 Å². The van der Waals surface area contributed by atoms with E-state index < -0.39 is 6.23 Å².